The fraction of sp³-hybridized carbons (Fsp3) is 0.480. The molecule has 178 valence electrons. The van der Waals surface area contributed by atoms with Gasteiger partial charge < -0.3 is 19.4 Å². The Morgan fingerprint density at radius 1 is 1.21 bits per heavy atom. The molecule has 0 radical (unpaired) electrons. The molecule has 0 spiro atoms. The summed E-state index contributed by atoms with van der Waals surface area (Å²) in [5.41, 5.74) is 3.07. The molecule has 0 aliphatic carbocycles. The normalized spacial score (nSPS) is 19.9. The number of halogens is 1. The van der Waals surface area contributed by atoms with Crippen LogP contribution in [-0.4, -0.2) is 85.9 Å². The lowest BCUT2D eigenvalue weighted by molar-refractivity contribution is -0.00266. The molecule has 1 N–H and O–H groups in total. The quantitative estimate of drug-likeness (QED) is 0.572. The van der Waals surface area contributed by atoms with Crippen molar-refractivity contribution in [2.75, 3.05) is 53.0 Å². The molecule has 2 atom stereocenters. The summed E-state index contributed by atoms with van der Waals surface area (Å²) in [5.74, 6) is 0.826. The first kappa shape index (κ1) is 24.0. The van der Waals surface area contributed by atoms with E-state index in [1.165, 1.54) is 0 Å². The molecule has 0 amide bonds. The summed E-state index contributed by atoms with van der Waals surface area (Å²) in [4.78, 5) is 10.3. The van der Waals surface area contributed by atoms with Crippen molar-refractivity contribution in [3.8, 4) is 5.75 Å². The summed E-state index contributed by atoms with van der Waals surface area (Å²) >= 11 is 6.01. The third-order valence-electron chi connectivity index (χ3n) is 5.95. The zero-order chi connectivity index (χ0) is 23.0. The van der Waals surface area contributed by atoms with E-state index in [0.29, 0.717) is 31.2 Å². The Kier molecular flexibility index (Phi) is 8.58. The Bertz CT molecular complexity index is 918. The van der Waals surface area contributed by atoms with Crippen molar-refractivity contribution >= 4 is 17.3 Å². The van der Waals surface area contributed by atoms with E-state index >= 15 is 0 Å². The van der Waals surface area contributed by atoms with Gasteiger partial charge in [0.2, 0.25) is 0 Å². The number of hydrogen-bond donors (Lipinski definition) is 1. The molecule has 1 saturated heterocycles. The van der Waals surface area contributed by atoms with Gasteiger partial charge in [-0.1, -0.05) is 41.0 Å². The van der Waals surface area contributed by atoms with E-state index in [0.717, 1.165) is 55.3 Å². The van der Waals surface area contributed by atoms with Gasteiger partial charge in [0, 0.05) is 50.7 Å². The summed E-state index contributed by atoms with van der Waals surface area (Å²) in [6.45, 7) is 5.70. The summed E-state index contributed by atoms with van der Waals surface area (Å²) in [6, 6.07) is 15.7. The molecule has 2 aliphatic rings. The summed E-state index contributed by atoms with van der Waals surface area (Å²) in [6.07, 6.45) is 0.180. The first-order valence-corrected chi connectivity index (χ1v) is 11.8. The molecule has 0 bridgehead atoms. The molecule has 0 saturated carbocycles. The number of methoxy groups -OCH3 is 1. The Morgan fingerprint density at radius 2 is 2.00 bits per heavy atom. The molecule has 2 aliphatic heterocycles. The van der Waals surface area contributed by atoms with Crippen molar-refractivity contribution in [3.63, 3.8) is 0 Å². The van der Waals surface area contributed by atoms with Crippen LogP contribution in [0, 0.1) is 0 Å². The molecule has 33 heavy (non-hydrogen) atoms. The average Bonchev–Trinajstić information content (AvgIpc) is 3.28. The fourth-order valence-corrected chi connectivity index (χ4v) is 4.42. The van der Waals surface area contributed by atoms with E-state index in [1.807, 2.05) is 42.5 Å². The minimum Gasteiger partial charge on any atom is -0.497 e. The van der Waals surface area contributed by atoms with Gasteiger partial charge in [-0.05, 0) is 35.4 Å². The van der Waals surface area contributed by atoms with E-state index in [2.05, 4.69) is 21.0 Å². The zero-order valence-corrected chi connectivity index (χ0v) is 19.8. The topological polar surface area (TPSA) is 66.8 Å². The van der Waals surface area contributed by atoms with Crippen LogP contribution in [0.2, 0.25) is 5.02 Å². The number of ether oxygens (including phenoxy) is 2. The highest BCUT2D eigenvalue weighted by molar-refractivity contribution is 6.30. The zero-order valence-electron chi connectivity index (χ0n) is 19.0. The lowest BCUT2D eigenvalue weighted by Crippen LogP contribution is -2.45. The molecule has 2 heterocycles. The highest BCUT2D eigenvalue weighted by Gasteiger charge is 2.26. The Balaban J connectivity index is 1.39. The molecule has 2 aromatic rings. The molecule has 1 fully saturated rings. The second-order valence-corrected chi connectivity index (χ2v) is 9.03. The van der Waals surface area contributed by atoms with Gasteiger partial charge >= 0.3 is 0 Å². The first-order chi connectivity index (χ1) is 16.1. The lowest BCUT2D eigenvalue weighted by Gasteiger charge is -2.31. The predicted molar refractivity (Wildman–Crippen MR) is 129 cm³/mol. The van der Waals surface area contributed by atoms with Gasteiger partial charge in [-0.2, -0.15) is 0 Å². The molecule has 4 rings (SSSR count). The standard InChI is InChI=1S/C25H32ClN3O4/c1-31-23-4-2-3-19(13-23)15-29(17-22(30)16-28-9-11-32-12-10-28)18-24-14-25(27-33-24)20-5-7-21(26)8-6-20/h2-8,13,22,24,30H,9-12,14-18H2,1H3. The van der Waals surface area contributed by atoms with Crippen LogP contribution in [0.1, 0.15) is 17.5 Å². The van der Waals surface area contributed by atoms with Crippen molar-refractivity contribution < 1.29 is 19.4 Å². The van der Waals surface area contributed by atoms with Crippen LogP contribution in [0.4, 0.5) is 0 Å². The largest absolute Gasteiger partial charge is 0.497 e. The van der Waals surface area contributed by atoms with Crippen LogP contribution in [0.3, 0.4) is 0 Å². The van der Waals surface area contributed by atoms with Gasteiger partial charge in [0.1, 0.15) is 11.9 Å². The maximum absolute atomic E-state index is 10.8. The fourth-order valence-electron chi connectivity index (χ4n) is 4.30. The number of β-amino-alcohol motifs (C(OH)–C–C–N with tert-alkyl or cyclic N) is 1. The van der Waals surface area contributed by atoms with E-state index in [-0.39, 0.29) is 6.10 Å². The summed E-state index contributed by atoms with van der Waals surface area (Å²) in [7, 11) is 1.67. The molecular weight excluding hydrogens is 442 g/mol. The van der Waals surface area contributed by atoms with Gasteiger partial charge in [0.05, 0.1) is 32.1 Å². The van der Waals surface area contributed by atoms with Crippen LogP contribution in [0.5, 0.6) is 5.75 Å². The van der Waals surface area contributed by atoms with Crippen molar-refractivity contribution in [3.05, 3.63) is 64.7 Å². The van der Waals surface area contributed by atoms with Crippen molar-refractivity contribution in [1.29, 1.82) is 0 Å². The molecule has 2 aromatic carbocycles. The number of nitrogens with zero attached hydrogens (tertiary/aromatic N) is 3. The molecule has 2 unspecified atom stereocenters. The van der Waals surface area contributed by atoms with Gasteiger partial charge in [-0.3, -0.25) is 9.80 Å². The van der Waals surface area contributed by atoms with Crippen LogP contribution >= 0.6 is 11.6 Å². The highest BCUT2D eigenvalue weighted by Crippen LogP contribution is 2.21. The smallest absolute Gasteiger partial charge is 0.145 e. The lowest BCUT2D eigenvalue weighted by atomic mass is 10.0. The minimum atomic E-state index is -0.466. The van der Waals surface area contributed by atoms with E-state index in [1.54, 1.807) is 7.11 Å². The highest BCUT2D eigenvalue weighted by atomic mass is 35.5. The van der Waals surface area contributed by atoms with Crippen LogP contribution in [0.25, 0.3) is 0 Å². The van der Waals surface area contributed by atoms with Crippen molar-refractivity contribution in [1.82, 2.24) is 9.80 Å². The number of aliphatic hydroxyl groups excluding tert-OH is 1. The SMILES string of the molecule is COc1cccc(CN(CC(O)CN2CCOCC2)CC2CC(c3ccc(Cl)cc3)=NO2)c1. The summed E-state index contributed by atoms with van der Waals surface area (Å²) in [5, 5.41) is 15.9. The number of aliphatic hydroxyl groups is 1. The Hall–Kier alpha value is -2.16. The number of oxime groups is 1. The molecule has 0 aromatic heterocycles. The van der Waals surface area contributed by atoms with Gasteiger partial charge in [-0.25, -0.2) is 0 Å². The maximum Gasteiger partial charge on any atom is 0.145 e. The van der Waals surface area contributed by atoms with Gasteiger partial charge in [0.25, 0.3) is 0 Å². The van der Waals surface area contributed by atoms with Crippen molar-refractivity contribution in [2.24, 2.45) is 5.16 Å². The van der Waals surface area contributed by atoms with Crippen LogP contribution < -0.4 is 4.74 Å². The third kappa shape index (κ3) is 7.16. The van der Waals surface area contributed by atoms with Gasteiger partial charge in [-0.15, -0.1) is 0 Å². The first-order valence-electron chi connectivity index (χ1n) is 11.4. The molecular formula is C25H32ClN3O4. The Labute approximate surface area is 200 Å². The minimum absolute atomic E-state index is 0.0723. The number of rotatable bonds is 10. The average molecular weight is 474 g/mol. The van der Waals surface area contributed by atoms with Crippen LogP contribution in [-0.2, 0) is 16.1 Å². The van der Waals surface area contributed by atoms with E-state index in [9.17, 15) is 5.11 Å². The Morgan fingerprint density at radius 3 is 2.76 bits per heavy atom. The monoisotopic (exact) mass is 473 g/mol. The number of hydrogen-bond acceptors (Lipinski definition) is 7. The van der Waals surface area contributed by atoms with Crippen LogP contribution in [0.15, 0.2) is 53.7 Å². The summed E-state index contributed by atoms with van der Waals surface area (Å²) < 4.78 is 10.8. The second kappa shape index (κ2) is 11.8. The number of benzene rings is 2. The second-order valence-electron chi connectivity index (χ2n) is 8.59. The van der Waals surface area contributed by atoms with E-state index < -0.39 is 6.10 Å². The van der Waals surface area contributed by atoms with E-state index in [4.69, 9.17) is 25.9 Å². The maximum atomic E-state index is 10.8. The molecule has 8 heteroatoms. The van der Waals surface area contributed by atoms with Gasteiger partial charge in [0.15, 0.2) is 0 Å². The molecule has 7 nitrogen and oxygen atoms in total. The third-order valence-corrected chi connectivity index (χ3v) is 6.21. The predicted octanol–water partition coefficient (Wildman–Crippen LogP) is 3.04. The van der Waals surface area contributed by atoms with Crippen molar-refractivity contribution in [2.45, 2.75) is 25.2 Å². The number of morpholine rings is 1.